The molecule has 2 aromatic carbocycles. The van der Waals surface area contributed by atoms with E-state index in [2.05, 4.69) is 15.9 Å². The minimum absolute atomic E-state index is 0.0794. The molecule has 3 rings (SSSR count). The Morgan fingerprint density at radius 2 is 1.75 bits per heavy atom. The zero-order valence-corrected chi connectivity index (χ0v) is 13.0. The van der Waals surface area contributed by atoms with Crippen LogP contribution >= 0.6 is 15.9 Å². The summed E-state index contributed by atoms with van der Waals surface area (Å²) >= 11 is 3.57. The van der Waals surface area contributed by atoms with Gasteiger partial charge in [0, 0.05) is 11.5 Å². The number of hydrogen-bond donors (Lipinski definition) is 0. The minimum Gasteiger partial charge on any atom is -0.364 e. The zero-order chi connectivity index (χ0) is 14.3. The number of para-hydroxylation sites is 2. The van der Waals surface area contributed by atoms with E-state index in [0.29, 0.717) is 6.54 Å². The number of hydrogen-bond acceptors (Lipinski definition) is 2. The van der Waals surface area contributed by atoms with Crippen molar-refractivity contribution in [1.82, 2.24) is 0 Å². The van der Waals surface area contributed by atoms with Gasteiger partial charge in [0.25, 0.3) is 5.91 Å². The summed E-state index contributed by atoms with van der Waals surface area (Å²) in [5, 5.41) is 0. The maximum Gasteiger partial charge on any atom is 0.251 e. The highest BCUT2D eigenvalue weighted by Crippen LogP contribution is 2.40. The lowest BCUT2D eigenvalue weighted by molar-refractivity contribution is -0.116. The Morgan fingerprint density at radius 1 is 1.05 bits per heavy atom. The lowest BCUT2D eigenvalue weighted by Gasteiger charge is -2.35. The number of fused-ring (bicyclic) bond motifs is 1. The Kier molecular flexibility index (Phi) is 3.26. The molecule has 1 aliphatic rings. The van der Waals surface area contributed by atoms with E-state index in [9.17, 15) is 4.79 Å². The molecule has 3 nitrogen and oxygen atoms in total. The molecular formula is C16H15BrN2O. The second-order valence-corrected chi connectivity index (χ2v) is 5.88. The van der Waals surface area contributed by atoms with Crippen molar-refractivity contribution < 1.29 is 4.79 Å². The number of nitrogens with zero attached hydrogens (tertiary/aromatic N) is 2. The minimum atomic E-state index is 0.0794. The molecule has 2 aromatic rings. The molecule has 0 bridgehead atoms. The number of halogens is 1. The van der Waals surface area contributed by atoms with Crippen molar-refractivity contribution in [2.45, 2.75) is 6.92 Å². The lowest BCUT2D eigenvalue weighted by atomic mass is 10.1. The van der Waals surface area contributed by atoms with E-state index < -0.39 is 0 Å². The Balaban J connectivity index is 2.18. The van der Waals surface area contributed by atoms with E-state index in [1.165, 1.54) is 0 Å². The van der Waals surface area contributed by atoms with Crippen LogP contribution in [0.4, 0.5) is 17.1 Å². The van der Waals surface area contributed by atoms with E-state index in [1.807, 2.05) is 61.3 Å². The van der Waals surface area contributed by atoms with Crippen LogP contribution in [0, 0.1) is 6.92 Å². The fraction of sp³-hybridized carbons (Fsp3) is 0.188. The van der Waals surface area contributed by atoms with Crippen molar-refractivity contribution in [1.29, 1.82) is 0 Å². The number of rotatable bonds is 1. The normalized spacial score (nSPS) is 14.4. The van der Waals surface area contributed by atoms with Gasteiger partial charge in [-0.25, -0.2) is 0 Å². The Hall–Kier alpha value is -1.81. The predicted octanol–water partition coefficient (Wildman–Crippen LogP) is 3.87. The molecule has 102 valence electrons. The summed E-state index contributed by atoms with van der Waals surface area (Å²) in [6.45, 7) is 2.42. The first kappa shape index (κ1) is 13.2. The van der Waals surface area contributed by atoms with Crippen molar-refractivity contribution in [2.75, 3.05) is 23.4 Å². The van der Waals surface area contributed by atoms with E-state index in [4.69, 9.17) is 0 Å². The van der Waals surface area contributed by atoms with Crippen molar-refractivity contribution >= 4 is 38.9 Å². The molecule has 0 saturated heterocycles. The van der Waals surface area contributed by atoms with Crippen molar-refractivity contribution in [3.63, 3.8) is 0 Å². The average molecular weight is 331 g/mol. The summed E-state index contributed by atoms with van der Waals surface area (Å²) in [6, 6.07) is 14.0. The summed E-state index contributed by atoms with van der Waals surface area (Å²) in [5.74, 6) is 0.0794. The number of carbonyl (C=O) groups is 1. The summed E-state index contributed by atoms with van der Waals surface area (Å²) in [5.41, 5.74) is 4.05. The van der Waals surface area contributed by atoms with E-state index >= 15 is 0 Å². The van der Waals surface area contributed by atoms with Crippen LogP contribution in [0.15, 0.2) is 46.9 Å². The molecule has 0 spiro atoms. The van der Waals surface area contributed by atoms with Gasteiger partial charge in [-0.3, -0.25) is 9.69 Å². The first-order chi connectivity index (χ1) is 9.58. The van der Waals surface area contributed by atoms with Gasteiger partial charge in [0.15, 0.2) is 0 Å². The lowest BCUT2D eigenvalue weighted by Crippen LogP contribution is -2.41. The van der Waals surface area contributed by atoms with Gasteiger partial charge >= 0.3 is 0 Å². The Morgan fingerprint density at radius 3 is 2.45 bits per heavy atom. The molecule has 0 N–H and O–H groups in total. The SMILES string of the molecule is Cc1ccc(N2C(=O)CN(C)c3ccccc32)c(Br)c1. The van der Waals surface area contributed by atoms with Crippen LogP contribution in [-0.4, -0.2) is 19.5 Å². The van der Waals surface area contributed by atoms with Gasteiger partial charge in [-0.15, -0.1) is 0 Å². The molecule has 4 heteroatoms. The van der Waals surface area contributed by atoms with Gasteiger partial charge in [0.1, 0.15) is 0 Å². The maximum atomic E-state index is 12.5. The molecule has 0 atom stereocenters. The highest BCUT2D eigenvalue weighted by atomic mass is 79.9. The molecule has 0 saturated carbocycles. The third kappa shape index (κ3) is 2.10. The maximum absolute atomic E-state index is 12.5. The molecular weight excluding hydrogens is 316 g/mol. The van der Waals surface area contributed by atoms with Gasteiger partial charge in [-0.1, -0.05) is 18.2 Å². The van der Waals surface area contributed by atoms with Gasteiger partial charge in [-0.05, 0) is 52.7 Å². The fourth-order valence-corrected chi connectivity index (χ4v) is 3.20. The fourth-order valence-electron chi connectivity index (χ4n) is 2.53. The second-order valence-electron chi connectivity index (χ2n) is 5.03. The molecule has 0 aromatic heterocycles. The van der Waals surface area contributed by atoms with Gasteiger partial charge < -0.3 is 4.90 Å². The van der Waals surface area contributed by atoms with Gasteiger partial charge in [0.2, 0.25) is 0 Å². The number of aryl methyl sites for hydroxylation is 1. The molecule has 1 heterocycles. The van der Waals surface area contributed by atoms with Crippen LogP contribution in [0.3, 0.4) is 0 Å². The summed E-state index contributed by atoms with van der Waals surface area (Å²) in [4.78, 5) is 16.2. The molecule has 0 fully saturated rings. The topological polar surface area (TPSA) is 23.6 Å². The first-order valence-electron chi connectivity index (χ1n) is 6.47. The highest BCUT2D eigenvalue weighted by Gasteiger charge is 2.29. The van der Waals surface area contributed by atoms with Crippen molar-refractivity contribution in [2.24, 2.45) is 0 Å². The molecule has 1 amide bonds. The largest absolute Gasteiger partial charge is 0.364 e. The molecule has 0 aliphatic carbocycles. The van der Waals surface area contributed by atoms with Gasteiger partial charge in [0.05, 0.1) is 23.6 Å². The number of amides is 1. The standard InChI is InChI=1S/C16H15BrN2O/c1-11-7-8-13(12(17)9-11)19-15-6-4-3-5-14(15)18(2)10-16(19)20/h3-9H,10H2,1-2H3. The Bertz CT molecular complexity index is 684. The second kappa shape index (κ2) is 4.94. The average Bonchev–Trinajstić information content (AvgIpc) is 2.41. The summed E-state index contributed by atoms with van der Waals surface area (Å²) in [7, 11) is 1.94. The van der Waals surface area contributed by atoms with Crippen LogP contribution in [0.1, 0.15) is 5.56 Å². The summed E-state index contributed by atoms with van der Waals surface area (Å²) in [6.07, 6.45) is 0. The van der Waals surface area contributed by atoms with Crippen molar-refractivity contribution in [3.05, 3.63) is 52.5 Å². The zero-order valence-electron chi connectivity index (χ0n) is 11.4. The number of carbonyl (C=O) groups excluding carboxylic acids is 1. The van der Waals surface area contributed by atoms with Crippen LogP contribution in [0.25, 0.3) is 0 Å². The predicted molar refractivity (Wildman–Crippen MR) is 85.7 cm³/mol. The van der Waals surface area contributed by atoms with Crippen LogP contribution in [0.5, 0.6) is 0 Å². The highest BCUT2D eigenvalue weighted by molar-refractivity contribution is 9.10. The molecule has 0 radical (unpaired) electrons. The smallest absolute Gasteiger partial charge is 0.251 e. The third-order valence-electron chi connectivity index (χ3n) is 3.50. The quantitative estimate of drug-likeness (QED) is 0.792. The Labute approximate surface area is 126 Å². The van der Waals surface area contributed by atoms with Crippen LogP contribution < -0.4 is 9.80 Å². The molecule has 1 aliphatic heterocycles. The van der Waals surface area contributed by atoms with Gasteiger partial charge in [-0.2, -0.15) is 0 Å². The number of anilines is 3. The van der Waals surface area contributed by atoms with Crippen LogP contribution in [0.2, 0.25) is 0 Å². The summed E-state index contributed by atoms with van der Waals surface area (Å²) < 4.78 is 0.935. The monoisotopic (exact) mass is 330 g/mol. The number of benzene rings is 2. The van der Waals surface area contributed by atoms with E-state index in [-0.39, 0.29) is 5.91 Å². The third-order valence-corrected chi connectivity index (χ3v) is 4.13. The van der Waals surface area contributed by atoms with Crippen LogP contribution in [-0.2, 0) is 4.79 Å². The molecule has 0 unspecified atom stereocenters. The number of likely N-dealkylation sites (N-methyl/N-ethyl adjacent to an activating group) is 1. The van der Waals surface area contributed by atoms with Crippen molar-refractivity contribution in [3.8, 4) is 0 Å². The molecule has 20 heavy (non-hydrogen) atoms. The van der Waals surface area contributed by atoms with E-state index in [0.717, 1.165) is 27.1 Å². The first-order valence-corrected chi connectivity index (χ1v) is 7.26. The van der Waals surface area contributed by atoms with E-state index in [1.54, 1.807) is 4.90 Å².